The SMILES string of the molecule is CCCc1nc(C)n2nc(C(F)(F)F)nc2c1Cc1ccc(-c2ccccc2C#N)cc1. The molecule has 8 heteroatoms. The van der Waals surface area contributed by atoms with Gasteiger partial charge in [0.2, 0.25) is 0 Å². The van der Waals surface area contributed by atoms with Crippen molar-refractivity contribution in [1.29, 1.82) is 5.26 Å². The van der Waals surface area contributed by atoms with Gasteiger partial charge in [-0.05, 0) is 36.1 Å². The van der Waals surface area contributed by atoms with E-state index < -0.39 is 12.0 Å². The number of nitrogens with zero attached hydrogens (tertiary/aromatic N) is 5. The predicted octanol–water partition coefficient (Wildman–Crippen LogP) is 5.53. The van der Waals surface area contributed by atoms with Gasteiger partial charge in [0, 0.05) is 17.7 Å². The summed E-state index contributed by atoms with van der Waals surface area (Å²) in [5, 5.41) is 13.0. The first-order chi connectivity index (χ1) is 15.3. The number of rotatable bonds is 5. The molecule has 0 unspecified atom stereocenters. The van der Waals surface area contributed by atoms with Crippen molar-refractivity contribution in [2.75, 3.05) is 0 Å². The minimum absolute atomic E-state index is 0.187. The third kappa shape index (κ3) is 4.06. The van der Waals surface area contributed by atoms with Gasteiger partial charge in [-0.15, -0.1) is 5.10 Å². The van der Waals surface area contributed by atoms with Crippen molar-refractivity contribution in [3.63, 3.8) is 0 Å². The molecule has 162 valence electrons. The molecule has 2 heterocycles. The summed E-state index contributed by atoms with van der Waals surface area (Å²) in [6.45, 7) is 3.63. The first kappa shape index (κ1) is 21.5. The average Bonchev–Trinajstić information content (AvgIpc) is 3.24. The second-order valence-corrected chi connectivity index (χ2v) is 7.53. The third-order valence-corrected chi connectivity index (χ3v) is 5.26. The molecule has 0 amide bonds. The maximum atomic E-state index is 13.3. The molecule has 0 fully saturated rings. The predicted molar refractivity (Wildman–Crippen MR) is 114 cm³/mol. The lowest BCUT2D eigenvalue weighted by atomic mass is 9.97. The van der Waals surface area contributed by atoms with E-state index in [9.17, 15) is 18.4 Å². The van der Waals surface area contributed by atoms with Gasteiger partial charge < -0.3 is 0 Å². The normalized spacial score (nSPS) is 11.6. The van der Waals surface area contributed by atoms with Gasteiger partial charge in [-0.1, -0.05) is 55.8 Å². The molecule has 4 rings (SSSR count). The lowest BCUT2D eigenvalue weighted by Crippen LogP contribution is -2.09. The van der Waals surface area contributed by atoms with Crippen molar-refractivity contribution < 1.29 is 13.2 Å². The van der Waals surface area contributed by atoms with Gasteiger partial charge in [0.05, 0.1) is 11.6 Å². The van der Waals surface area contributed by atoms with Crippen LogP contribution in [0.3, 0.4) is 0 Å². The Bertz CT molecular complexity index is 1310. The fourth-order valence-corrected chi connectivity index (χ4v) is 3.76. The summed E-state index contributed by atoms with van der Waals surface area (Å²) in [5.41, 5.74) is 4.78. The molecule has 5 nitrogen and oxygen atoms in total. The van der Waals surface area contributed by atoms with Crippen LogP contribution in [0.4, 0.5) is 13.2 Å². The highest BCUT2D eigenvalue weighted by molar-refractivity contribution is 5.70. The summed E-state index contributed by atoms with van der Waals surface area (Å²) in [4.78, 5) is 8.35. The Kier molecular flexibility index (Phi) is 5.66. The number of fused-ring (bicyclic) bond motifs is 1. The van der Waals surface area contributed by atoms with Crippen LogP contribution >= 0.6 is 0 Å². The number of halogens is 3. The van der Waals surface area contributed by atoms with Crippen molar-refractivity contribution in [1.82, 2.24) is 19.6 Å². The van der Waals surface area contributed by atoms with Crippen LogP contribution in [0.5, 0.6) is 0 Å². The maximum Gasteiger partial charge on any atom is 0.453 e. The molecule has 0 spiro atoms. The Morgan fingerprint density at radius 1 is 1.03 bits per heavy atom. The Morgan fingerprint density at radius 2 is 1.75 bits per heavy atom. The lowest BCUT2D eigenvalue weighted by Gasteiger charge is -2.12. The van der Waals surface area contributed by atoms with E-state index in [1.807, 2.05) is 49.4 Å². The summed E-state index contributed by atoms with van der Waals surface area (Å²) in [5.74, 6) is -0.792. The molecular formula is C24H20F3N5. The number of aromatic nitrogens is 4. The molecule has 0 bridgehead atoms. The van der Waals surface area contributed by atoms with Crippen molar-refractivity contribution >= 4 is 5.65 Å². The average molecular weight is 435 g/mol. The summed E-state index contributed by atoms with van der Waals surface area (Å²) in [6, 6.07) is 17.2. The highest BCUT2D eigenvalue weighted by Crippen LogP contribution is 2.29. The first-order valence-corrected chi connectivity index (χ1v) is 10.2. The molecule has 0 saturated carbocycles. The molecule has 32 heavy (non-hydrogen) atoms. The second kappa shape index (κ2) is 8.42. The van der Waals surface area contributed by atoms with Gasteiger partial charge in [0.1, 0.15) is 5.82 Å². The van der Waals surface area contributed by atoms with Gasteiger partial charge >= 0.3 is 6.18 Å². The number of hydrogen-bond donors (Lipinski definition) is 0. The summed E-state index contributed by atoms with van der Waals surface area (Å²) >= 11 is 0. The van der Waals surface area contributed by atoms with Crippen molar-refractivity contribution in [2.45, 2.75) is 39.3 Å². The Labute approximate surface area is 183 Å². The maximum absolute atomic E-state index is 13.3. The number of hydrogen-bond acceptors (Lipinski definition) is 4. The first-order valence-electron chi connectivity index (χ1n) is 10.2. The number of aryl methyl sites for hydroxylation is 2. The fourth-order valence-electron chi connectivity index (χ4n) is 3.76. The van der Waals surface area contributed by atoms with Crippen LogP contribution in [0.15, 0.2) is 48.5 Å². The number of benzene rings is 2. The molecule has 0 aliphatic carbocycles. The summed E-state index contributed by atoms with van der Waals surface area (Å²) in [6.07, 6.45) is -2.81. The highest BCUT2D eigenvalue weighted by atomic mass is 19.4. The minimum Gasteiger partial charge on any atom is -0.238 e. The van der Waals surface area contributed by atoms with Gasteiger partial charge in [0.25, 0.3) is 5.82 Å². The Morgan fingerprint density at radius 3 is 2.41 bits per heavy atom. The molecule has 2 aromatic carbocycles. The van der Waals surface area contributed by atoms with Crippen LogP contribution in [0.25, 0.3) is 16.8 Å². The molecule has 2 aromatic heterocycles. The molecule has 0 atom stereocenters. The summed E-state index contributed by atoms with van der Waals surface area (Å²) in [7, 11) is 0. The molecule has 0 N–H and O–H groups in total. The number of nitriles is 1. The van der Waals surface area contributed by atoms with Crippen LogP contribution in [0.2, 0.25) is 0 Å². The zero-order chi connectivity index (χ0) is 22.9. The molecule has 0 saturated heterocycles. The van der Waals surface area contributed by atoms with Crippen LogP contribution in [-0.2, 0) is 19.0 Å². The Balaban J connectivity index is 1.76. The van der Waals surface area contributed by atoms with Crippen LogP contribution in [0, 0.1) is 18.3 Å². The van der Waals surface area contributed by atoms with Gasteiger partial charge in [0.15, 0.2) is 5.65 Å². The second-order valence-electron chi connectivity index (χ2n) is 7.53. The van der Waals surface area contributed by atoms with E-state index in [0.717, 1.165) is 28.8 Å². The van der Waals surface area contributed by atoms with Crippen molar-refractivity contribution in [2.24, 2.45) is 0 Å². The van der Waals surface area contributed by atoms with Gasteiger partial charge in [-0.2, -0.15) is 22.9 Å². The largest absolute Gasteiger partial charge is 0.453 e. The summed E-state index contributed by atoms with van der Waals surface area (Å²) < 4.78 is 40.9. The smallest absolute Gasteiger partial charge is 0.238 e. The van der Waals surface area contributed by atoms with E-state index in [0.29, 0.717) is 29.8 Å². The fraction of sp³-hybridized carbons (Fsp3) is 0.250. The van der Waals surface area contributed by atoms with E-state index in [-0.39, 0.29) is 5.65 Å². The van der Waals surface area contributed by atoms with Gasteiger partial charge in [-0.3, -0.25) is 0 Å². The van der Waals surface area contributed by atoms with E-state index >= 15 is 0 Å². The van der Waals surface area contributed by atoms with Crippen molar-refractivity contribution in [3.8, 4) is 17.2 Å². The van der Waals surface area contributed by atoms with Crippen LogP contribution < -0.4 is 0 Å². The van der Waals surface area contributed by atoms with E-state index in [4.69, 9.17) is 0 Å². The molecule has 0 aliphatic heterocycles. The Hall–Kier alpha value is -3.73. The molecule has 4 aromatic rings. The monoisotopic (exact) mass is 435 g/mol. The van der Waals surface area contributed by atoms with E-state index in [2.05, 4.69) is 21.1 Å². The lowest BCUT2D eigenvalue weighted by molar-refractivity contribution is -0.144. The highest BCUT2D eigenvalue weighted by Gasteiger charge is 2.37. The van der Waals surface area contributed by atoms with Gasteiger partial charge in [-0.25, -0.2) is 9.97 Å². The zero-order valence-electron chi connectivity index (χ0n) is 17.6. The standard InChI is InChI=1S/C24H20F3N5/c1-3-6-21-20(22-30-23(24(25,26)27)31-32(22)15(2)29-21)13-16-9-11-17(12-10-16)19-8-5-4-7-18(19)14-28/h4-5,7-12H,3,6,13H2,1-2H3. The quantitative estimate of drug-likeness (QED) is 0.413. The topological polar surface area (TPSA) is 66.9 Å². The molecule has 0 radical (unpaired) electrons. The minimum atomic E-state index is -4.63. The van der Waals surface area contributed by atoms with E-state index in [1.165, 1.54) is 4.52 Å². The van der Waals surface area contributed by atoms with E-state index in [1.54, 1.807) is 13.0 Å². The number of alkyl halides is 3. The molecule has 0 aliphatic rings. The van der Waals surface area contributed by atoms with Crippen LogP contribution in [-0.4, -0.2) is 19.6 Å². The zero-order valence-corrected chi connectivity index (χ0v) is 17.6. The van der Waals surface area contributed by atoms with Crippen LogP contribution in [0.1, 0.15) is 47.4 Å². The van der Waals surface area contributed by atoms with Crippen molar-refractivity contribution in [3.05, 3.63) is 82.6 Å². The molecular weight excluding hydrogens is 415 g/mol. The third-order valence-electron chi connectivity index (χ3n) is 5.26.